The third kappa shape index (κ3) is 4.52. The minimum absolute atomic E-state index is 0.0854. The molecular formula is C15H18ClN3OS. The summed E-state index contributed by atoms with van der Waals surface area (Å²) in [6, 6.07) is 7.28. The molecule has 4 nitrogen and oxygen atoms in total. The maximum atomic E-state index is 12.0. The van der Waals surface area contributed by atoms with Crippen molar-refractivity contribution in [3.05, 3.63) is 50.9 Å². The highest BCUT2D eigenvalue weighted by Gasteiger charge is 2.14. The quantitative estimate of drug-likeness (QED) is 0.854. The predicted molar refractivity (Wildman–Crippen MR) is 86.6 cm³/mol. The van der Waals surface area contributed by atoms with Crippen LogP contribution in [0.5, 0.6) is 0 Å². The average Bonchev–Trinajstić information content (AvgIpc) is 2.96. The van der Waals surface area contributed by atoms with E-state index in [-0.39, 0.29) is 11.9 Å². The van der Waals surface area contributed by atoms with E-state index >= 15 is 0 Å². The molecule has 0 aliphatic heterocycles. The number of hydrogen-bond acceptors (Lipinski definition) is 4. The minimum Gasteiger partial charge on any atom is -0.347 e. The zero-order valence-electron chi connectivity index (χ0n) is 11.8. The van der Waals surface area contributed by atoms with Gasteiger partial charge in [-0.15, -0.1) is 11.3 Å². The summed E-state index contributed by atoms with van der Waals surface area (Å²) in [7, 11) is 0. The Morgan fingerprint density at radius 2 is 2.14 bits per heavy atom. The van der Waals surface area contributed by atoms with E-state index in [1.54, 1.807) is 17.5 Å². The van der Waals surface area contributed by atoms with Gasteiger partial charge in [-0.25, -0.2) is 4.98 Å². The molecule has 0 bridgehead atoms. The molecule has 1 atom stereocenters. The second-order valence-corrected chi connectivity index (χ2v) is 6.10. The summed E-state index contributed by atoms with van der Waals surface area (Å²) in [4.78, 5) is 16.4. The number of benzene rings is 1. The fraction of sp³-hybridized carbons (Fsp3) is 0.333. The van der Waals surface area contributed by atoms with E-state index in [1.807, 2.05) is 12.1 Å². The average molecular weight is 324 g/mol. The summed E-state index contributed by atoms with van der Waals surface area (Å²) >= 11 is 7.26. The first-order chi connectivity index (χ1) is 10.1. The third-order valence-corrected chi connectivity index (χ3v) is 4.27. The molecule has 1 aromatic carbocycles. The minimum atomic E-state index is -0.184. The van der Waals surface area contributed by atoms with Crippen LogP contribution in [-0.2, 0) is 6.54 Å². The monoisotopic (exact) mass is 323 g/mol. The Labute approximate surface area is 133 Å². The maximum Gasteiger partial charge on any atom is 0.271 e. The molecule has 0 aliphatic rings. The van der Waals surface area contributed by atoms with Gasteiger partial charge in [0.05, 0.1) is 6.04 Å². The molecule has 0 saturated carbocycles. The Kier molecular flexibility index (Phi) is 5.73. The molecule has 6 heteroatoms. The molecule has 2 rings (SSSR count). The van der Waals surface area contributed by atoms with Gasteiger partial charge in [-0.3, -0.25) is 4.79 Å². The summed E-state index contributed by atoms with van der Waals surface area (Å²) in [6.07, 6.45) is 1.87. The number of carbonyl (C=O) groups is 1. The van der Waals surface area contributed by atoms with E-state index in [0.717, 1.165) is 23.4 Å². The highest BCUT2D eigenvalue weighted by Crippen LogP contribution is 2.20. The molecule has 1 aromatic heterocycles. The van der Waals surface area contributed by atoms with Crippen molar-refractivity contribution < 1.29 is 4.79 Å². The number of halogens is 1. The van der Waals surface area contributed by atoms with E-state index in [9.17, 15) is 4.79 Å². The number of thiazole rings is 1. The number of rotatable bonds is 6. The summed E-state index contributed by atoms with van der Waals surface area (Å²) in [6.45, 7) is 2.52. The van der Waals surface area contributed by atoms with Gasteiger partial charge in [0.25, 0.3) is 5.91 Å². The van der Waals surface area contributed by atoms with Gasteiger partial charge in [-0.2, -0.15) is 0 Å². The number of aromatic nitrogens is 1. The summed E-state index contributed by atoms with van der Waals surface area (Å²) in [5, 5.41) is 6.09. The zero-order chi connectivity index (χ0) is 15.2. The Balaban J connectivity index is 1.93. The molecule has 1 amide bonds. The molecule has 0 fully saturated rings. The largest absolute Gasteiger partial charge is 0.347 e. The Hall–Kier alpha value is -1.43. The normalized spacial score (nSPS) is 12.1. The lowest BCUT2D eigenvalue weighted by atomic mass is 10.2. The molecule has 0 saturated heterocycles. The van der Waals surface area contributed by atoms with Crippen LogP contribution in [0, 0.1) is 0 Å². The van der Waals surface area contributed by atoms with Crippen molar-refractivity contribution in [1.82, 2.24) is 10.3 Å². The van der Waals surface area contributed by atoms with E-state index in [1.165, 1.54) is 11.3 Å². The second-order valence-electron chi connectivity index (χ2n) is 4.78. The van der Waals surface area contributed by atoms with Gasteiger partial charge in [0, 0.05) is 16.9 Å². The van der Waals surface area contributed by atoms with Crippen LogP contribution >= 0.6 is 22.9 Å². The molecule has 21 heavy (non-hydrogen) atoms. The summed E-state index contributed by atoms with van der Waals surface area (Å²) in [5.41, 5.74) is 7.42. The van der Waals surface area contributed by atoms with E-state index in [2.05, 4.69) is 17.2 Å². The van der Waals surface area contributed by atoms with E-state index in [4.69, 9.17) is 17.3 Å². The van der Waals surface area contributed by atoms with E-state index < -0.39 is 0 Å². The van der Waals surface area contributed by atoms with Crippen LogP contribution in [0.1, 0.15) is 46.9 Å². The lowest BCUT2D eigenvalue weighted by Crippen LogP contribution is -2.23. The zero-order valence-corrected chi connectivity index (χ0v) is 13.4. The summed E-state index contributed by atoms with van der Waals surface area (Å²) < 4.78 is 0. The van der Waals surface area contributed by atoms with Crippen LogP contribution in [-0.4, -0.2) is 10.9 Å². The van der Waals surface area contributed by atoms with Gasteiger partial charge in [0.15, 0.2) is 0 Å². The molecule has 0 radical (unpaired) electrons. The molecule has 112 valence electrons. The van der Waals surface area contributed by atoms with Gasteiger partial charge in [0.2, 0.25) is 0 Å². The number of amides is 1. The highest BCUT2D eigenvalue weighted by atomic mass is 35.5. The topological polar surface area (TPSA) is 68.0 Å². The van der Waals surface area contributed by atoms with Crippen LogP contribution in [0.3, 0.4) is 0 Å². The standard InChI is InChI=1S/C15H18ClN3OS/c1-2-3-12(17)15-19-13(9-21-15)14(20)18-8-10-4-6-11(16)7-5-10/h4-7,9,12H,2-3,8,17H2,1H3,(H,18,20). The number of nitrogens with zero attached hydrogens (tertiary/aromatic N) is 1. The number of carbonyl (C=O) groups excluding carboxylic acids is 1. The molecule has 0 spiro atoms. The molecular weight excluding hydrogens is 306 g/mol. The van der Waals surface area contributed by atoms with Crippen LogP contribution in [0.25, 0.3) is 0 Å². The van der Waals surface area contributed by atoms with Crippen molar-refractivity contribution in [2.24, 2.45) is 5.73 Å². The molecule has 0 aliphatic carbocycles. The maximum absolute atomic E-state index is 12.0. The first-order valence-corrected chi connectivity index (χ1v) is 8.09. The Morgan fingerprint density at radius 3 is 2.81 bits per heavy atom. The molecule has 1 heterocycles. The Morgan fingerprint density at radius 1 is 1.43 bits per heavy atom. The van der Waals surface area contributed by atoms with Gasteiger partial charge in [-0.05, 0) is 24.1 Å². The number of hydrogen-bond donors (Lipinski definition) is 2. The first-order valence-electron chi connectivity index (χ1n) is 6.83. The third-order valence-electron chi connectivity index (χ3n) is 3.04. The van der Waals surface area contributed by atoms with Crippen molar-refractivity contribution >= 4 is 28.8 Å². The molecule has 1 unspecified atom stereocenters. The van der Waals surface area contributed by atoms with Crippen molar-refractivity contribution in [1.29, 1.82) is 0 Å². The lowest BCUT2D eigenvalue weighted by molar-refractivity contribution is 0.0946. The van der Waals surface area contributed by atoms with E-state index in [0.29, 0.717) is 17.3 Å². The fourth-order valence-electron chi connectivity index (χ4n) is 1.87. The fourth-order valence-corrected chi connectivity index (χ4v) is 2.83. The van der Waals surface area contributed by atoms with Crippen molar-refractivity contribution in [3.63, 3.8) is 0 Å². The van der Waals surface area contributed by atoms with Gasteiger partial charge >= 0.3 is 0 Å². The smallest absolute Gasteiger partial charge is 0.271 e. The highest BCUT2D eigenvalue weighted by molar-refractivity contribution is 7.09. The lowest BCUT2D eigenvalue weighted by Gasteiger charge is -2.05. The first kappa shape index (κ1) is 15.9. The molecule has 3 N–H and O–H groups in total. The van der Waals surface area contributed by atoms with Crippen molar-refractivity contribution in [3.8, 4) is 0 Å². The van der Waals surface area contributed by atoms with Gasteiger partial charge < -0.3 is 11.1 Å². The van der Waals surface area contributed by atoms with Gasteiger partial charge in [-0.1, -0.05) is 37.1 Å². The number of nitrogens with two attached hydrogens (primary N) is 1. The SMILES string of the molecule is CCCC(N)c1nc(C(=O)NCc2ccc(Cl)cc2)cs1. The van der Waals surface area contributed by atoms with Crippen molar-refractivity contribution in [2.75, 3.05) is 0 Å². The van der Waals surface area contributed by atoms with Crippen LogP contribution < -0.4 is 11.1 Å². The Bertz CT molecular complexity index is 597. The van der Waals surface area contributed by atoms with Crippen LogP contribution in [0.4, 0.5) is 0 Å². The predicted octanol–water partition coefficient (Wildman–Crippen LogP) is 3.53. The second kappa shape index (κ2) is 7.54. The molecule has 2 aromatic rings. The van der Waals surface area contributed by atoms with Gasteiger partial charge in [0.1, 0.15) is 10.7 Å². The number of nitrogens with one attached hydrogen (secondary N) is 1. The van der Waals surface area contributed by atoms with Crippen LogP contribution in [0.2, 0.25) is 5.02 Å². The van der Waals surface area contributed by atoms with Crippen molar-refractivity contribution in [2.45, 2.75) is 32.4 Å². The summed E-state index contributed by atoms with van der Waals surface area (Å²) in [5.74, 6) is -0.184. The van der Waals surface area contributed by atoms with Crippen LogP contribution in [0.15, 0.2) is 29.6 Å².